The number of hydrogen-bond donors (Lipinski definition) is 4. The van der Waals surface area contributed by atoms with Crippen LogP contribution in [0, 0.1) is 0 Å². The van der Waals surface area contributed by atoms with Gasteiger partial charge in [-0.15, -0.1) is 0 Å². The molecule has 3 aliphatic heterocycles. The average molecular weight is 539 g/mol. The van der Waals surface area contributed by atoms with Gasteiger partial charge < -0.3 is 36.1 Å². The van der Waals surface area contributed by atoms with Crippen LogP contribution in [0.2, 0.25) is 0 Å². The Morgan fingerprint density at radius 1 is 1.10 bits per heavy atom. The molecule has 2 aromatic rings. The number of aryl methyl sites for hydroxylation is 1. The number of hydrogen-bond acceptors (Lipinski definition) is 10. The number of aromatic nitrogens is 2. The van der Waals surface area contributed by atoms with Gasteiger partial charge in [-0.3, -0.25) is 9.69 Å². The van der Waals surface area contributed by atoms with Gasteiger partial charge in [0.1, 0.15) is 5.75 Å². The SMILES string of the molecule is CCc1nc(C(N)=O)c(Nc2ccc(N3CCC(N4CCNCC4)CC3)c(OC)c2)nc1NC1CCOCC1. The van der Waals surface area contributed by atoms with Gasteiger partial charge in [0.2, 0.25) is 0 Å². The number of piperidine rings is 1. The summed E-state index contributed by atoms with van der Waals surface area (Å²) >= 11 is 0. The van der Waals surface area contributed by atoms with E-state index in [0.717, 1.165) is 101 Å². The number of methoxy groups -OCH3 is 1. The van der Waals surface area contributed by atoms with Crippen LogP contribution < -0.4 is 31.3 Å². The number of benzene rings is 1. The maximum Gasteiger partial charge on any atom is 0.271 e. The van der Waals surface area contributed by atoms with E-state index in [1.54, 1.807) is 7.11 Å². The Morgan fingerprint density at radius 2 is 1.85 bits per heavy atom. The summed E-state index contributed by atoms with van der Waals surface area (Å²) in [4.78, 5) is 26.7. The molecule has 0 unspecified atom stereocenters. The van der Waals surface area contributed by atoms with Gasteiger partial charge >= 0.3 is 0 Å². The van der Waals surface area contributed by atoms with Crippen LogP contribution in [-0.2, 0) is 11.2 Å². The second-order valence-corrected chi connectivity index (χ2v) is 10.5. The molecular formula is C28H42N8O3. The third-order valence-corrected chi connectivity index (χ3v) is 8.01. The van der Waals surface area contributed by atoms with Crippen molar-refractivity contribution in [3.8, 4) is 5.75 Å². The molecule has 3 aliphatic rings. The molecule has 1 aromatic carbocycles. The molecule has 5 rings (SSSR count). The fourth-order valence-corrected chi connectivity index (χ4v) is 5.80. The molecule has 11 nitrogen and oxygen atoms in total. The fourth-order valence-electron chi connectivity index (χ4n) is 5.80. The highest BCUT2D eigenvalue weighted by Crippen LogP contribution is 2.35. The first kappa shape index (κ1) is 27.4. The summed E-state index contributed by atoms with van der Waals surface area (Å²) < 4.78 is 11.3. The third kappa shape index (κ3) is 6.54. The van der Waals surface area contributed by atoms with Crippen LogP contribution in [0.5, 0.6) is 5.75 Å². The molecule has 4 heterocycles. The monoisotopic (exact) mass is 538 g/mol. The topological polar surface area (TPSA) is 130 Å². The highest BCUT2D eigenvalue weighted by molar-refractivity contribution is 5.96. The predicted octanol–water partition coefficient (Wildman–Crippen LogP) is 2.36. The molecule has 0 bridgehead atoms. The standard InChI is InChI=1S/C28H42N8O3/c1-3-22-27(31-19-8-16-39-17-9-19)34-28(25(33-22)26(29)37)32-20-4-5-23(24(18-20)38-2)36-12-6-21(7-13-36)35-14-10-30-11-15-35/h4-5,18-19,21,30H,3,6-17H2,1-2H3,(H2,29,37)(H2,31,32,34). The molecule has 0 radical (unpaired) electrons. The van der Waals surface area contributed by atoms with E-state index < -0.39 is 5.91 Å². The zero-order chi connectivity index (χ0) is 27.2. The van der Waals surface area contributed by atoms with E-state index in [1.807, 2.05) is 19.1 Å². The normalized spacial score (nSPS) is 19.6. The Kier molecular flexibility index (Phi) is 9.00. The number of rotatable bonds is 9. The van der Waals surface area contributed by atoms with Crippen molar-refractivity contribution in [1.82, 2.24) is 20.2 Å². The number of nitrogens with zero attached hydrogens (tertiary/aromatic N) is 4. The highest BCUT2D eigenvalue weighted by Gasteiger charge is 2.27. The van der Waals surface area contributed by atoms with E-state index in [9.17, 15) is 4.79 Å². The van der Waals surface area contributed by atoms with Crippen LogP contribution in [0.25, 0.3) is 0 Å². The lowest BCUT2D eigenvalue weighted by atomic mass is 10.0. The zero-order valence-electron chi connectivity index (χ0n) is 23.2. The molecule has 0 saturated carbocycles. The first-order valence-corrected chi connectivity index (χ1v) is 14.3. The largest absolute Gasteiger partial charge is 0.495 e. The van der Waals surface area contributed by atoms with Crippen LogP contribution in [0.3, 0.4) is 0 Å². The Hall–Kier alpha value is -3.15. The van der Waals surface area contributed by atoms with Crippen molar-refractivity contribution in [2.45, 2.75) is 51.1 Å². The molecule has 212 valence electrons. The number of primary amides is 1. The van der Waals surface area contributed by atoms with E-state index in [4.69, 9.17) is 20.2 Å². The van der Waals surface area contributed by atoms with Crippen molar-refractivity contribution in [3.05, 3.63) is 29.6 Å². The molecule has 1 amide bonds. The molecular weight excluding hydrogens is 496 g/mol. The van der Waals surface area contributed by atoms with Gasteiger partial charge in [-0.05, 0) is 44.2 Å². The lowest BCUT2D eigenvalue weighted by molar-refractivity contribution is 0.0903. The Labute approximate surface area is 230 Å². The van der Waals surface area contributed by atoms with Crippen LogP contribution in [0.15, 0.2) is 18.2 Å². The van der Waals surface area contributed by atoms with Gasteiger partial charge in [-0.1, -0.05) is 6.92 Å². The smallest absolute Gasteiger partial charge is 0.271 e. The quantitative estimate of drug-likeness (QED) is 0.377. The van der Waals surface area contributed by atoms with E-state index in [1.165, 1.54) is 0 Å². The summed E-state index contributed by atoms with van der Waals surface area (Å²) in [6.45, 7) is 9.85. The summed E-state index contributed by atoms with van der Waals surface area (Å²) in [6, 6.07) is 6.91. The van der Waals surface area contributed by atoms with Crippen LogP contribution in [-0.4, -0.2) is 92.5 Å². The van der Waals surface area contributed by atoms with Crippen LogP contribution >= 0.6 is 0 Å². The van der Waals surface area contributed by atoms with E-state index >= 15 is 0 Å². The first-order chi connectivity index (χ1) is 19.1. The van der Waals surface area contributed by atoms with Crippen molar-refractivity contribution in [2.75, 3.05) is 75.1 Å². The average Bonchev–Trinajstić information content (AvgIpc) is 2.98. The Balaban J connectivity index is 1.32. The van der Waals surface area contributed by atoms with Crippen LogP contribution in [0.4, 0.5) is 23.0 Å². The lowest BCUT2D eigenvalue weighted by Crippen LogP contribution is -2.52. The number of carbonyl (C=O) groups excluding carboxylic acids is 1. The van der Waals surface area contributed by atoms with E-state index in [-0.39, 0.29) is 11.7 Å². The second-order valence-electron chi connectivity index (χ2n) is 10.5. The minimum atomic E-state index is -0.617. The molecule has 0 spiro atoms. The number of carbonyl (C=O) groups is 1. The zero-order valence-corrected chi connectivity index (χ0v) is 23.2. The summed E-state index contributed by atoms with van der Waals surface area (Å²) in [5.74, 6) is 1.17. The highest BCUT2D eigenvalue weighted by atomic mass is 16.5. The number of anilines is 4. The minimum absolute atomic E-state index is 0.127. The number of amides is 1. The van der Waals surface area contributed by atoms with E-state index in [0.29, 0.717) is 24.1 Å². The van der Waals surface area contributed by atoms with Gasteiger partial charge in [0.15, 0.2) is 17.3 Å². The summed E-state index contributed by atoms with van der Waals surface area (Å²) in [5, 5.41) is 10.2. The number of nitrogens with two attached hydrogens (primary N) is 1. The molecule has 3 fully saturated rings. The molecule has 5 N–H and O–H groups in total. The first-order valence-electron chi connectivity index (χ1n) is 14.3. The molecule has 11 heteroatoms. The van der Waals surface area contributed by atoms with Crippen LogP contribution in [0.1, 0.15) is 48.8 Å². The maximum atomic E-state index is 12.3. The van der Waals surface area contributed by atoms with E-state index in [2.05, 4.69) is 36.8 Å². The second kappa shape index (κ2) is 12.8. The fraction of sp³-hybridized carbons (Fsp3) is 0.607. The third-order valence-electron chi connectivity index (χ3n) is 8.01. The molecule has 1 aromatic heterocycles. The predicted molar refractivity (Wildman–Crippen MR) is 153 cm³/mol. The number of piperazine rings is 1. The molecule has 0 aliphatic carbocycles. The Bertz CT molecular complexity index is 1130. The van der Waals surface area contributed by atoms with Crippen molar-refractivity contribution in [1.29, 1.82) is 0 Å². The summed E-state index contributed by atoms with van der Waals surface area (Å²) in [6.07, 6.45) is 4.72. The van der Waals surface area contributed by atoms with Gasteiger partial charge in [-0.25, -0.2) is 9.97 Å². The van der Waals surface area contributed by atoms with Gasteiger partial charge in [-0.2, -0.15) is 0 Å². The molecule has 3 saturated heterocycles. The molecule has 39 heavy (non-hydrogen) atoms. The number of nitrogens with one attached hydrogen (secondary N) is 3. The lowest BCUT2D eigenvalue weighted by Gasteiger charge is -2.41. The maximum absolute atomic E-state index is 12.3. The van der Waals surface area contributed by atoms with Crippen molar-refractivity contribution in [2.24, 2.45) is 5.73 Å². The van der Waals surface area contributed by atoms with Gasteiger partial charge in [0.05, 0.1) is 18.5 Å². The van der Waals surface area contributed by atoms with Crippen molar-refractivity contribution < 1.29 is 14.3 Å². The summed E-state index contributed by atoms with van der Waals surface area (Å²) in [7, 11) is 1.69. The Morgan fingerprint density at radius 3 is 2.51 bits per heavy atom. The minimum Gasteiger partial charge on any atom is -0.495 e. The number of ether oxygens (including phenoxy) is 2. The van der Waals surface area contributed by atoms with Gasteiger partial charge in [0, 0.05) is 76.3 Å². The van der Waals surface area contributed by atoms with Crippen molar-refractivity contribution in [3.63, 3.8) is 0 Å². The van der Waals surface area contributed by atoms with Gasteiger partial charge in [0.25, 0.3) is 5.91 Å². The molecule has 0 atom stereocenters. The van der Waals surface area contributed by atoms with Crippen molar-refractivity contribution >= 4 is 28.9 Å². The summed E-state index contributed by atoms with van der Waals surface area (Å²) in [5.41, 5.74) is 8.39.